The molecule has 0 aromatic heterocycles. The first kappa shape index (κ1) is 10.6. The molecule has 2 heteroatoms. The van der Waals surface area contributed by atoms with E-state index in [1.54, 1.807) is 0 Å². The minimum atomic E-state index is -0.00782. The van der Waals surface area contributed by atoms with Gasteiger partial charge in [-0.05, 0) is 25.3 Å². The van der Waals surface area contributed by atoms with Gasteiger partial charge in [0.25, 0.3) is 0 Å². The van der Waals surface area contributed by atoms with Crippen LogP contribution in [0.5, 0.6) is 0 Å². The third-order valence-corrected chi connectivity index (χ3v) is 2.17. The molecule has 0 bridgehead atoms. The Morgan fingerprint density at radius 1 is 1.54 bits per heavy atom. The summed E-state index contributed by atoms with van der Waals surface area (Å²) < 4.78 is 11.1. The van der Waals surface area contributed by atoms with Crippen LogP contribution < -0.4 is 0 Å². The summed E-state index contributed by atoms with van der Waals surface area (Å²) >= 11 is 0. The average molecular weight is 184 g/mol. The molecular formula is C11H20O2. The Morgan fingerprint density at radius 3 is 2.92 bits per heavy atom. The zero-order valence-corrected chi connectivity index (χ0v) is 8.88. The molecule has 0 fully saturated rings. The van der Waals surface area contributed by atoms with Crippen molar-refractivity contribution in [3.05, 3.63) is 11.8 Å². The molecule has 0 aliphatic carbocycles. The molecule has 0 radical (unpaired) electrons. The zero-order chi connectivity index (χ0) is 9.68. The van der Waals surface area contributed by atoms with Gasteiger partial charge < -0.3 is 9.47 Å². The fraction of sp³-hybridized carbons (Fsp3) is 0.818. The van der Waals surface area contributed by atoms with Crippen molar-refractivity contribution < 1.29 is 9.47 Å². The normalized spacial score (nSPS) is 28.1. The van der Waals surface area contributed by atoms with Gasteiger partial charge in [0, 0.05) is 19.4 Å². The number of ether oxygens (including phenoxy) is 2. The van der Waals surface area contributed by atoms with Crippen LogP contribution in [-0.4, -0.2) is 12.9 Å². The molecule has 0 N–H and O–H groups in total. The van der Waals surface area contributed by atoms with E-state index in [0.717, 1.165) is 31.6 Å². The number of hydrogen-bond donors (Lipinski definition) is 0. The second-order valence-corrected chi connectivity index (χ2v) is 3.60. The van der Waals surface area contributed by atoms with E-state index in [4.69, 9.17) is 9.47 Å². The predicted octanol–water partition coefficient (Wildman–Crippen LogP) is 3.09. The van der Waals surface area contributed by atoms with Crippen LogP contribution in [0.25, 0.3) is 0 Å². The molecule has 0 saturated heterocycles. The maximum atomic E-state index is 5.68. The van der Waals surface area contributed by atoms with Gasteiger partial charge >= 0.3 is 0 Å². The molecule has 0 amide bonds. The molecule has 0 saturated carbocycles. The smallest absolute Gasteiger partial charge is 0.199 e. The molecule has 1 rings (SSSR count). The second kappa shape index (κ2) is 5.28. The SMILES string of the molecule is CCCC1=CC(C)CC(OCC)O1. The summed E-state index contributed by atoms with van der Waals surface area (Å²) in [6.07, 6.45) is 5.37. The molecular weight excluding hydrogens is 164 g/mol. The van der Waals surface area contributed by atoms with Crippen molar-refractivity contribution in [1.29, 1.82) is 0 Å². The van der Waals surface area contributed by atoms with E-state index in [1.807, 2.05) is 6.92 Å². The van der Waals surface area contributed by atoms with Crippen LogP contribution >= 0.6 is 0 Å². The van der Waals surface area contributed by atoms with Crippen molar-refractivity contribution in [2.24, 2.45) is 5.92 Å². The fourth-order valence-electron chi connectivity index (χ4n) is 1.62. The van der Waals surface area contributed by atoms with Crippen molar-refractivity contribution in [3.8, 4) is 0 Å². The lowest BCUT2D eigenvalue weighted by Crippen LogP contribution is -2.23. The van der Waals surface area contributed by atoms with Crippen LogP contribution in [0.3, 0.4) is 0 Å². The highest BCUT2D eigenvalue weighted by Crippen LogP contribution is 2.24. The number of allylic oxidation sites excluding steroid dienone is 2. The van der Waals surface area contributed by atoms with Crippen molar-refractivity contribution in [2.45, 2.75) is 46.3 Å². The first-order chi connectivity index (χ1) is 6.26. The molecule has 76 valence electrons. The third-order valence-electron chi connectivity index (χ3n) is 2.17. The highest BCUT2D eigenvalue weighted by molar-refractivity contribution is 4.99. The van der Waals surface area contributed by atoms with Crippen LogP contribution in [0.1, 0.15) is 40.0 Å². The largest absolute Gasteiger partial charge is 0.470 e. The van der Waals surface area contributed by atoms with E-state index in [1.165, 1.54) is 0 Å². The standard InChI is InChI=1S/C11H20O2/c1-4-6-10-7-9(3)8-11(13-10)12-5-2/h7,9,11H,4-6,8H2,1-3H3. The minimum absolute atomic E-state index is 0.00782. The van der Waals surface area contributed by atoms with E-state index >= 15 is 0 Å². The van der Waals surface area contributed by atoms with Crippen molar-refractivity contribution in [2.75, 3.05) is 6.61 Å². The van der Waals surface area contributed by atoms with E-state index < -0.39 is 0 Å². The van der Waals surface area contributed by atoms with Gasteiger partial charge in [-0.2, -0.15) is 0 Å². The molecule has 0 aromatic rings. The lowest BCUT2D eigenvalue weighted by Gasteiger charge is -2.27. The molecule has 2 unspecified atom stereocenters. The minimum Gasteiger partial charge on any atom is -0.470 e. The third kappa shape index (κ3) is 3.39. The molecule has 1 aliphatic heterocycles. The lowest BCUT2D eigenvalue weighted by atomic mass is 10.0. The van der Waals surface area contributed by atoms with E-state index in [-0.39, 0.29) is 6.29 Å². The Labute approximate surface area is 80.9 Å². The van der Waals surface area contributed by atoms with Crippen LogP contribution in [0.4, 0.5) is 0 Å². The summed E-state index contributed by atoms with van der Waals surface area (Å²) in [6.45, 7) is 7.12. The maximum Gasteiger partial charge on any atom is 0.199 e. The summed E-state index contributed by atoms with van der Waals surface area (Å²) in [5, 5.41) is 0. The maximum absolute atomic E-state index is 5.68. The Balaban J connectivity index is 2.46. The van der Waals surface area contributed by atoms with Crippen molar-refractivity contribution in [3.63, 3.8) is 0 Å². The number of rotatable bonds is 4. The molecule has 1 aliphatic rings. The van der Waals surface area contributed by atoms with Crippen molar-refractivity contribution in [1.82, 2.24) is 0 Å². The van der Waals surface area contributed by atoms with Gasteiger partial charge in [-0.25, -0.2) is 0 Å². The Bertz CT molecular complexity index is 175. The van der Waals surface area contributed by atoms with Gasteiger partial charge in [-0.1, -0.05) is 13.8 Å². The van der Waals surface area contributed by atoms with Gasteiger partial charge in [0.1, 0.15) is 0 Å². The van der Waals surface area contributed by atoms with Crippen LogP contribution in [0.15, 0.2) is 11.8 Å². The van der Waals surface area contributed by atoms with E-state index in [0.29, 0.717) is 5.92 Å². The summed E-state index contributed by atoms with van der Waals surface area (Å²) in [4.78, 5) is 0. The fourth-order valence-corrected chi connectivity index (χ4v) is 1.62. The van der Waals surface area contributed by atoms with Crippen LogP contribution in [0.2, 0.25) is 0 Å². The zero-order valence-electron chi connectivity index (χ0n) is 8.88. The van der Waals surface area contributed by atoms with Gasteiger partial charge in [0.15, 0.2) is 6.29 Å². The quantitative estimate of drug-likeness (QED) is 0.668. The Kier molecular flexibility index (Phi) is 4.29. The van der Waals surface area contributed by atoms with E-state index in [9.17, 15) is 0 Å². The van der Waals surface area contributed by atoms with Gasteiger partial charge in [-0.3, -0.25) is 0 Å². The van der Waals surface area contributed by atoms with Gasteiger partial charge in [0.05, 0.1) is 5.76 Å². The van der Waals surface area contributed by atoms with Crippen LogP contribution in [-0.2, 0) is 9.47 Å². The van der Waals surface area contributed by atoms with Gasteiger partial charge in [-0.15, -0.1) is 0 Å². The highest BCUT2D eigenvalue weighted by atomic mass is 16.7. The molecule has 1 heterocycles. The summed E-state index contributed by atoms with van der Waals surface area (Å²) in [6, 6.07) is 0. The molecule has 13 heavy (non-hydrogen) atoms. The monoisotopic (exact) mass is 184 g/mol. The highest BCUT2D eigenvalue weighted by Gasteiger charge is 2.20. The molecule has 2 nitrogen and oxygen atoms in total. The summed E-state index contributed by atoms with van der Waals surface area (Å²) in [5.74, 6) is 1.70. The molecule has 0 aromatic carbocycles. The van der Waals surface area contributed by atoms with E-state index in [2.05, 4.69) is 19.9 Å². The van der Waals surface area contributed by atoms with Gasteiger partial charge in [0.2, 0.25) is 0 Å². The topological polar surface area (TPSA) is 18.5 Å². The molecule has 2 atom stereocenters. The molecule has 0 spiro atoms. The Hall–Kier alpha value is -0.500. The lowest BCUT2D eigenvalue weighted by molar-refractivity contribution is -0.130. The summed E-state index contributed by atoms with van der Waals surface area (Å²) in [5.41, 5.74) is 0. The summed E-state index contributed by atoms with van der Waals surface area (Å²) in [7, 11) is 0. The van der Waals surface area contributed by atoms with Crippen molar-refractivity contribution >= 4 is 0 Å². The number of hydrogen-bond acceptors (Lipinski definition) is 2. The predicted molar refractivity (Wildman–Crippen MR) is 53.3 cm³/mol. The van der Waals surface area contributed by atoms with Crippen LogP contribution in [0, 0.1) is 5.92 Å². The first-order valence-electron chi connectivity index (χ1n) is 5.25. The Morgan fingerprint density at radius 2 is 2.31 bits per heavy atom. The second-order valence-electron chi connectivity index (χ2n) is 3.60. The first-order valence-corrected chi connectivity index (χ1v) is 5.25. The average Bonchev–Trinajstić information content (AvgIpc) is 2.04.